The molecule has 0 bridgehead atoms. The second kappa shape index (κ2) is 7.27. The van der Waals surface area contributed by atoms with Gasteiger partial charge in [-0.15, -0.1) is 0 Å². The molecule has 1 heterocycles. The Kier molecular flexibility index (Phi) is 5.08. The number of benzene rings is 2. The number of carbonyl (C=O) groups is 2. The van der Waals surface area contributed by atoms with Gasteiger partial charge in [-0.2, -0.15) is 0 Å². The highest BCUT2D eigenvalue weighted by atomic mass is 79.9. The van der Waals surface area contributed by atoms with E-state index in [0.29, 0.717) is 13.0 Å². The average molecular weight is 403 g/mol. The van der Waals surface area contributed by atoms with Gasteiger partial charge in [0.1, 0.15) is 11.7 Å². The maximum Gasteiger partial charge on any atom is 0.239 e. The van der Waals surface area contributed by atoms with Crippen LogP contribution < -0.4 is 10.2 Å². The van der Waals surface area contributed by atoms with Crippen molar-refractivity contribution in [3.63, 3.8) is 0 Å². The molecule has 2 N–H and O–H groups in total. The van der Waals surface area contributed by atoms with Crippen molar-refractivity contribution in [2.45, 2.75) is 19.4 Å². The van der Waals surface area contributed by atoms with Crippen molar-refractivity contribution < 1.29 is 14.7 Å². The van der Waals surface area contributed by atoms with Crippen molar-refractivity contribution in [2.24, 2.45) is 5.92 Å². The standard InChI is InChI=1S/C19H19BrN2O3/c1-12(13-4-2-7-16(23)10-13)21-18(24)17-8-9-22(19(17)25)15-6-3-5-14(20)11-15/h2-7,10-12,17,23H,8-9H2,1H3,(H,21,24). The zero-order valence-electron chi connectivity index (χ0n) is 13.8. The summed E-state index contributed by atoms with van der Waals surface area (Å²) in [6.07, 6.45) is 0.490. The molecule has 1 aliphatic rings. The number of nitrogens with one attached hydrogen (secondary N) is 1. The maximum absolute atomic E-state index is 12.6. The van der Waals surface area contributed by atoms with Crippen LogP contribution in [-0.2, 0) is 9.59 Å². The largest absolute Gasteiger partial charge is 0.508 e. The molecule has 1 saturated heterocycles. The van der Waals surface area contributed by atoms with E-state index >= 15 is 0 Å². The Labute approximate surface area is 154 Å². The first-order valence-corrected chi connectivity index (χ1v) is 8.91. The third kappa shape index (κ3) is 3.85. The van der Waals surface area contributed by atoms with Gasteiger partial charge in [0.25, 0.3) is 0 Å². The van der Waals surface area contributed by atoms with Gasteiger partial charge in [0.15, 0.2) is 0 Å². The minimum atomic E-state index is -0.682. The van der Waals surface area contributed by atoms with E-state index in [4.69, 9.17) is 0 Å². The van der Waals surface area contributed by atoms with E-state index in [-0.39, 0.29) is 23.6 Å². The van der Waals surface area contributed by atoms with Crippen molar-refractivity contribution in [1.82, 2.24) is 5.32 Å². The molecule has 1 fully saturated rings. The number of halogens is 1. The second-order valence-corrected chi connectivity index (χ2v) is 7.05. The molecule has 0 saturated carbocycles. The molecule has 2 aromatic carbocycles. The molecule has 3 rings (SSSR count). The minimum absolute atomic E-state index is 0.149. The molecule has 25 heavy (non-hydrogen) atoms. The van der Waals surface area contributed by atoms with Crippen LogP contribution in [0.25, 0.3) is 0 Å². The zero-order chi connectivity index (χ0) is 18.0. The number of phenols is 1. The van der Waals surface area contributed by atoms with E-state index < -0.39 is 5.92 Å². The summed E-state index contributed by atoms with van der Waals surface area (Å²) in [7, 11) is 0. The number of aromatic hydroxyl groups is 1. The Bertz CT molecular complexity index is 809. The van der Waals surface area contributed by atoms with E-state index in [1.54, 1.807) is 23.1 Å². The molecule has 0 radical (unpaired) electrons. The predicted molar refractivity (Wildman–Crippen MR) is 99.3 cm³/mol. The average Bonchev–Trinajstić information content (AvgIpc) is 2.96. The van der Waals surface area contributed by atoms with Crippen LogP contribution in [0.4, 0.5) is 5.69 Å². The van der Waals surface area contributed by atoms with Gasteiger partial charge in [0.05, 0.1) is 6.04 Å². The molecular weight excluding hydrogens is 384 g/mol. The SMILES string of the molecule is CC(NC(=O)C1CCN(c2cccc(Br)c2)C1=O)c1cccc(O)c1. The number of rotatable bonds is 4. The van der Waals surface area contributed by atoms with Gasteiger partial charge < -0.3 is 15.3 Å². The molecule has 0 aliphatic carbocycles. The fourth-order valence-electron chi connectivity index (χ4n) is 3.02. The Morgan fingerprint density at radius 2 is 2.04 bits per heavy atom. The van der Waals surface area contributed by atoms with E-state index in [0.717, 1.165) is 15.7 Å². The van der Waals surface area contributed by atoms with Gasteiger partial charge in [-0.3, -0.25) is 9.59 Å². The molecule has 2 atom stereocenters. The Morgan fingerprint density at radius 1 is 1.28 bits per heavy atom. The Hall–Kier alpha value is -2.34. The molecule has 5 nitrogen and oxygen atoms in total. The monoisotopic (exact) mass is 402 g/mol. The van der Waals surface area contributed by atoms with E-state index in [9.17, 15) is 14.7 Å². The fraction of sp³-hybridized carbons (Fsp3) is 0.263. The Morgan fingerprint density at radius 3 is 2.76 bits per heavy atom. The lowest BCUT2D eigenvalue weighted by atomic mass is 10.0. The molecule has 2 aromatic rings. The van der Waals surface area contributed by atoms with E-state index in [2.05, 4.69) is 21.2 Å². The number of hydrogen-bond donors (Lipinski definition) is 2. The lowest BCUT2D eigenvalue weighted by Crippen LogP contribution is -2.38. The summed E-state index contributed by atoms with van der Waals surface area (Å²) in [5.74, 6) is -0.993. The van der Waals surface area contributed by atoms with Crippen LogP contribution in [0, 0.1) is 5.92 Å². The van der Waals surface area contributed by atoms with Crippen LogP contribution in [0.3, 0.4) is 0 Å². The highest BCUT2D eigenvalue weighted by Gasteiger charge is 2.38. The summed E-state index contributed by atoms with van der Waals surface area (Å²) in [5, 5.41) is 12.4. The quantitative estimate of drug-likeness (QED) is 0.770. The number of amides is 2. The summed E-state index contributed by atoms with van der Waals surface area (Å²) >= 11 is 3.40. The molecule has 1 aliphatic heterocycles. The van der Waals surface area contributed by atoms with Gasteiger partial charge in [-0.25, -0.2) is 0 Å². The fourth-order valence-corrected chi connectivity index (χ4v) is 3.40. The number of anilines is 1. The first kappa shape index (κ1) is 17.5. The predicted octanol–water partition coefficient (Wildman–Crippen LogP) is 3.39. The van der Waals surface area contributed by atoms with Crippen LogP contribution in [0.2, 0.25) is 0 Å². The van der Waals surface area contributed by atoms with Crippen molar-refractivity contribution in [3.8, 4) is 5.75 Å². The van der Waals surface area contributed by atoms with E-state index in [1.165, 1.54) is 0 Å². The van der Waals surface area contributed by atoms with Gasteiger partial charge in [-0.05, 0) is 49.2 Å². The molecule has 130 valence electrons. The van der Waals surface area contributed by atoms with Crippen LogP contribution in [0.15, 0.2) is 53.0 Å². The van der Waals surface area contributed by atoms with Crippen LogP contribution in [0.1, 0.15) is 24.9 Å². The summed E-state index contributed by atoms with van der Waals surface area (Å²) in [6, 6.07) is 13.9. The highest BCUT2D eigenvalue weighted by Crippen LogP contribution is 2.28. The second-order valence-electron chi connectivity index (χ2n) is 6.14. The lowest BCUT2D eigenvalue weighted by molar-refractivity contribution is -0.132. The number of hydrogen-bond acceptors (Lipinski definition) is 3. The summed E-state index contributed by atoms with van der Waals surface area (Å²) in [5.41, 5.74) is 1.58. The van der Waals surface area contributed by atoms with Gasteiger partial charge >= 0.3 is 0 Å². The van der Waals surface area contributed by atoms with Crippen molar-refractivity contribution >= 4 is 33.4 Å². The third-order valence-electron chi connectivity index (χ3n) is 4.37. The Balaban J connectivity index is 1.68. The van der Waals surface area contributed by atoms with Crippen LogP contribution in [-0.4, -0.2) is 23.5 Å². The lowest BCUT2D eigenvalue weighted by Gasteiger charge is -2.19. The smallest absolute Gasteiger partial charge is 0.239 e. The van der Waals surface area contributed by atoms with Crippen LogP contribution >= 0.6 is 15.9 Å². The zero-order valence-corrected chi connectivity index (χ0v) is 15.4. The normalized spacial score (nSPS) is 18.2. The first-order chi connectivity index (χ1) is 12.0. The molecular formula is C19H19BrN2O3. The summed E-state index contributed by atoms with van der Waals surface area (Å²) < 4.78 is 0.892. The third-order valence-corrected chi connectivity index (χ3v) is 4.86. The summed E-state index contributed by atoms with van der Waals surface area (Å²) in [4.78, 5) is 26.8. The first-order valence-electron chi connectivity index (χ1n) is 8.12. The van der Waals surface area contributed by atoms with Gasteiger partial charge in [-0.1, -0.05) is 34.1 Å². The minimum Gasteiger partial charge on any atom is -0.508 e. The van der Waals surface area contributed by atoms with Crippen molar-refractivity contribution in [1.29, 1.82) is 0 Å². The van der Waals surface area contributed by atoms with Crippen LogP contribution in [0.5, 0.6) is 5.75 Å². The van der Waals surface area contributed by atoms with Crippen molar-refractivity contribution in [2.75, 3.05) is 11.4 Å². The summed E-state index contributed by atoms with van der Waals surface area (Å²) in [6.45, 7) is 2.35. The highest BCUT2D eigenvalue weighted by molar-refractivity contribution is 9.10. The number of carbonyl (C=O) groups excluding carboxylic acids is 2. The van der Waals surface area contributed by atoms with E-state index in [1.807, 2.05) is 37.3 Å². The molecule has 0 spiro atoms. The number of nitrogens with zero attached hydrogens (tertiary/aromatic N) is 1. The molecule has 6 heteroatoms. The topological polar surface area (TPSA) is 69.6 Å². The van der Waals surface area contributed by atoms with Gasteiger partial charge in [0.2, 0.25) is 11.8 Å². The number of phenolic OH excluding ortho intramolecular Hbond substituents is 1. The molecule has 2 amide bonds. The molecule has 2 unspecified atom stereocenters. The van der Waals surface area contributed by atoms with Gasteiger partial charge in [0, 0.05) is 16.7 Å². The maximum atomic E-state index is 12.6. The molecule has 0 aromatic heterocycles. The van der Waals surface area contributed by atoms with Crippen molar-refractivity contribution in [3.05, 3.63) is 58.6 Å².